The van der Waals surface area contributed by atoms with E-state index in [0.29, 0.717) is 39.6 Å². The molecule has 0 aromatic carbocycles. The molecule has 0 unspecified atom stereocenters. The van der Waals surface area contributed by atoms with E-state index in [1.54, 1.807) is 10.1 Å². The lowest BCUT2D eigenvalue weighted by atomic mass is 10.0. The first-order chi connectivity index (χ1) is 16.2. The number of aliphatic carboxylic acids is 1. The van der Waals surface area contributed by atoms with Crippen molar-refractivity contribution in [2.75, 3.05) is 37.9 Å². The molecular formula is C18H25Cl2N9O4S3. The second kappa shape index (κ2) is 12.9. The van der Waals surface area contributed by atoms with Gasteiger partial charge in [0.25, 0.3) is 5.91 Å². The molecule has 4 N–H and O–H groups in total. The van der Waals surface area contributed by atoms with Crippen molar-refractivity contribution in [1.82, 2.24) is 40.3 Å². The number of fused-ring (bicyclic) bond motifs is 1. The molecule has 2 aromatic heterocycles. The summed E-state index contributed by atoms with van der Waals surface area (Å²) < 4.78 is 1.67. The number of nitrogens with one attached hydrogen (secondary N) is 1. The zero-order valence-corrected chi connectivity index (χ0v) is 23.3. The Morgan fingerprint density at radius 1 is 1.36 bits per heavy atom. The fraction of sp³-hybridized carbons (Fsp3) is 0.500. The number of carboxylic acid groups (broad SMARTS) is 1. The molecule has 4 rings (SSSR count). The fourth-order valence-electron chi connectivity index (χ4n) is 3.47. The van der Waals surface area contributed by atoms with E-state index in [4.69, 9.17) is 5.73 Å². The number of hydrogen-bond acceptors (Lipinski definition) is 12. The lowest BCUT2D eigenvalue weighted by Crippen LogP contribution is -2.70. The van der Waals surface area contributed by atoms with Crippen LogP contribution >= 0.6 is 59.7 Å². The maximum Gasteiger partial charge on any atom is 0.352 e. The fourth-order valence-corrected chi connectivity index (χ4v) is 6.42. The minimum absolute atomic E-state index is 0. The Balaban J connectivity index is 0.00000228. The number of carbonyl (C=O) groups is 3. The highest BCUT2D eigenvalue weighted by molar-refractivity contribution is 8.01. The molecule has 36 heavy (non-hydrogen) atoms. The molecule has 0 spiro atoms. The quantitative estimate of drug-likeness (QED) is 0.251. The van der Waals surface area contributed by atoms with Crippen LogP contribution < -0.4 is 11.1 Å². The van der Waals surface area contributed by atoms with E-state index in [9.17, 15) is 19.5 Å². The van der Waals surface area contributed by atoms with Crippen molar-refractivity contribution in [1.29, 1.82) is 0 Å². The molecule has 2 aromatic rings. The van der Waals surface area contributed by atoms with Gasteiger partial charge >= 0.3 is 5.97 Å². The molecule has 2 aliphatic rings. The van der Waals surface area contributed by atoms with Crippen LogP contribution in [0.5, 0.6) is 0 Å². The summed E-state index contributed by atoms with van der Waals surface area (Å²) in [7, 11) is 3.90. The van der Waals surface area contributed by atoms with E-state index < -0.39 is 23.3 Å². The van der Waals surface area contributed by atoms with E-state index in [1.807, 2.05) is 19.0 Å². The molecule has 2 aliphatic heterocycles. The molecule has 2 atom stereocenters. The molecule has 18 heteroatoms. The number of β-lactam (4-membered cyclic amide) rings is 1. The highest BCUT2D eigenvalue weighted by Gasteiger charge is 2.54. The van der Waals surface area contributed by atoms with Gasteiger partial charge in [-0.1, -0.05) is 11.8 Å². The van der Waals surface area contributed by atoms with Gasteiger partial charge < -0.3 is 21.1 Å². The maximum atomic E-state index is 12.8. The molecule has 1 fully saturated rings. The Labute approximate surface area is 231 Å². The van der Waals surface area contributed by atoms with E-state index >= 15 is 0 Å². The van der Waals surface area contributed by atoms with E-state index in [-0.39, 0.29) is 42.8 Å². The molecule has 13 nitrogen and oxygen atoms in total. The highest BCUT2D eigenvalue weighted by atomic mass is 35.5. The number of likely N-dealkylation sites (N-methyl/N-ethyl adjacent to an activating group) is 1. The number of rotatable bonds is 10. The number of carbonyl (C=O) groups excluding carboxylic acids is 2. The normalized spacial score (nSPS) is 18.8. The van der Waals surface area contributed by atoms with Crippen LogP contribution in [-0.2, 0) is 27.3 Å². The van der Waals surface area contributed by atoms with Crippen molar-refractivity contribution in [3.05, 3.63) is 22.3 Å². The molecule has 0 saturated carbocycles. The van der Waals surface area contributed by atoms with Crippen molar-refractivity contribution in [3.63, 3.8) is 0 Å². The molecular weight excluding hydrogens is 573 g/mol. The number of thioether (sulfide) groups is 2. The van der Waals surface area contributed by atoms with E-state index in [1.165, 1.54) is 39.8 Å². The molecule has 198 valence electrons. The second-order valence-electron chi connectivity index (χ2n) is 7.84. The average Bonchev–Trinajstić information content (AvgIpc) is 3.41. The number of aromatic nitrogens is 5. The van der Waals surface area contributed by atoms with Crippen molar-refractivity contribution >= 4 is 82.6 Å². The van der Waals surface area contributed by atoms with Crippen molar-refractivity contribution in [3.8, 4) is 0 Å². The van der Waals surface area contributed by atoms with E-state index in [2.05, 4.69) is 25.8 Å². The van der Waals surface area contributed by atoms with Crippen LogP contribution in [0.3, 0.4) is 0 Å². The van der Waals surface area contributed by atoms with Crippen LogP contribution in [-0.4, -0.2) is 101 Å². The predicted octanol–water partition coefficient (Wildman–Crippen LogP) is 0.190. The van der Waals surface area contributed by atoms with Gasteiger partial charge in [-0.25, -0.2) is 14.5 Å². The third-order valence-electron chi connectivity index (χ3n) is 5.11. The number of nitrogen functional groups attached to an aromatic ring is 1. The van der Waals surface area contributed by atoms with Gasteiger partial charge in [0.05, 0.1) is 18.7 Å². The summed E-state index contributed by atoms with van der Waals surface area (Å²) in [6.07, 6.45) is 0.000917. The maximum absolute atomic E-state index is 12.8. The van der Waals surface area contributed by atoms with Crippen LogP contribution in [0.1, 0.15) is 5.69 Å². The third-order valence-corrected chi connectivity index (χ3v) is 8.22. The third kappa shape index (κ3) is 6.60. The molecule has 2 amide bonds. The number of nitrogens with two attached hydrogens (primary N) is 1. The first-order valence-electron chi connectivity index (χ1n) is 10.2. The zero-order chi connectivity index (χ0) is 24.4. The SMILES string of the molecule is CN(C)CCn1nnnc1SCC1=C(C(=O)O)N2C(=O)[C@H](NC(=O)Cc3csc(N)n3)[C@@H]2SC1.Cl.Cl. The summed E-state index contributed by atoms with van der Waals surface area (Å²) in [5.74, 6) is -1.24. The van der Waals surface area contributed by atoms with Gasteiger partial charge in [0, 0.05) is 23.4 Å². The number of thiazole rings is 1. The van der Waals surface area contributed by atoms with Crippen molar-refractivity contribution in [2.24, 2.45) is 0 Å². The summed E-state index contributed by atoms with van der Waals surface area (Å²) in [5.41, 5.74) is 6.68. The zero-order valence-electron chi connectivity index (χ0n) is 19.2. The van der Waals surface area contributed by atoms with Crippen LogP contribution in [0, 0.1) is 0 Å². The van der Waals surface area contributed by atoms with E-state index in [0.717, 1.165) is 6.54 Å². The number of halogens is 2. The lowest BCUT2D eigenvalue weighted by molar-refractivity contribution is -0.150. The summed E-state index contributed by atoms with van der Waals surface area (Å²) in [4.78, 5) is 44.5. The predicted molar refractivity (Wildman–Crippen MR) is 142 cm³/mol. The summed E-state index contributed by atoms with van der Waals surface area (Å²) >= 11 is 3.98. The monoisotopic (exact) mass is 597 g/mol. The highest BCUT2D eigenvalue weighted by Crippen LogP contribution is 2.41. The van der Waals surface area contributed by atoms with Gasteiger partial charge in [0.1, 0.15) is 17.1 Å². The number of anilines is 1. The second-order valence-corrected chi connectivity index (χ2v) is 10.8. The van der Waals surface area contributed by atoms with Gasteiger partial charge in [-0.3, -0.25) is 14.5 Å². The molecule has 0 bridgehead atoms. The first kappa shape index (κ1) is 30.1. The largest absolute Gasteiger partial charge is 0.477 e. The van der Waals surface area contributed by atoms with Crippen LogP contribution in [0.25, 0.3) is 0 Å². The van der Waals surface area contributed by atoms with Crippen LogP contribution in [0.15, 0.2) is 21.8 Å². The summed E-state index contributed by atoms with van der Waals surface area (Å²) in [6.45, 7) is 1.36. The minimum Gasteiger partial charge on any atom is -0.477 e. The Morgan fingerprint density at radius 3 is 2.75 bits per heavy atom. The summed E-state index contributed by atoms with van der Waals surface area (Å²) in [5, 5.41) is 26.4. The number of nitrogens with zero attached hydrogens (tertiary/aromatic N) is 7. The topological polar surface area (TPSA) is 172 Å². The van der Waals surface area contributed by atoms with Crippen molar-refractivity contribution < 1.29 is 19.5 Å². The van der Waals surface area contributed by atoms with Gasteiger partial charge in [0.15, 0.2) is 5.13 Å². The van der Waals surface area contributed by atoms with Gasteiger partial charge in [-0.05, 0) is 30.1 Å². The molecule has 4 heterocycles. The minimum atomic E-state index is -1.18. The molecule has 0 radical (unpaired) electrons. The lowest BCUT2D eigenvalue weighted by Gasteiger charge is -2.49. The molecule has 1 saturated heterocycles. The smallest absolute Gasteiger partial charge is 0.352 e. The molecule has 0 aliphatic carbocycles. The Hall–Kier alpha value is -2.11. The van der Waals surface area contributed by atoms with Gasteiger partial charge in [-0.15, -0.1) is 53.0 Å². The Kier molecular flexibility index (Phi) is 10.8. The van der Waals surface area contributed by atoms with Gasteiger partial charge in [0.2, 0.25) is 11.1 Å². The first-order valence-corrected chi connectivity index (χ1v) is 13.1. The summed E-state index contributed by atoms with van der Waals surface area (Å²) in [6, 6.07) is -0.782. The number of tetrazole rings is 1. The van der Waals surface area contributed by atoms with Crippen molar-refractivity contribution in [2.45, 2.75) is 29.5 Å². The standard InChI is InChI=1S/C18H23N9O4S3.2ClH/c1-25(2)3-4-26-18(22-23-24-26)34-7-9-6-32-15-12(14(29)27(15)13(9)16(30)31)21-11(28)5-10-8-33-17(19)20-10;;/h8,12,15H,3-7H2,1-2H3,(H2,19,20)(H,21,28)(H,30,31);2*1H/t12-,15-;;/m0../s1. The average molecular weight is 599 g/mol. The Bertz CT molecular complexity index is 1140. The Morgan fingerprint density at radius 2 is 2.11 bits per heavy atom. The number of hydrogen-bond donors (Lipinski definition) is 3. The van der Waals surface area contributed by atoms with Crippen LogP contribution in [0.2, 0.25) is 0 Å². The van der Waals surface area contributed by atoms with Gasteiger partial charge in [-0.2, -0.15) is 0 Å². The number of carboxylic acids is 1. The van der Waals surface area contributed by atoms with Crippen LogP contribution in [0.4, 0.5) is 5.13 Å². The number of amides is 2.